The predicted octanol–water partition coefficient (Wildman–Crippen LogP) is -3.05. The maximum Gasteiger partial charge on any atom is 0.280 e. The first-order valence-electron chi connectivity index (χ1n) is 7.82. The lowest BCUT2D eigenvalue weighted by Crippen LogP contribution is -2.67. The van der Waals surface area contributed by atoms with Gasteiger partial charge in [-0.1, -0.05) is 0 Å². The highest BCUT2D eigenvalue weighted by Gasteiger charge is 2.22. The predicted molar refractivity (Wildman–Crippen MR) is 79.5 cm³/mol. The summed E-state index contributed by atoms with van der Waals surface area (Å²) in [4.78, 5) is 27.5. The Kier molecular flexibility index (Phi) is 8.32. The lowest BCUT2D eigenvalue weighted by molar-refractivity contribution is -0.400. The fraction of sp³-hybridized carbons (Fsp3) is 0.857. The number of rotatable bonds is 2. The van der Waals surface area contributed by atoms with Gasteiger partial charge in [0.1, 0.15) is 0 Å². The number of nitrogens with zero attached hydrogens (tertiary/aromatic N) is 2. The molecule has 1 fully saturated rings. The molecule has 1 aliphatic heterocycles. The minimum Gasteiger partial charge on any atom is -0.378 e. The Balaban J connectivity index is 2.53. The molecule has 0 radical (unpaired) electrons. The highest BCUT2D eigenvalue weighted by molar-refractivity contribution is 5.80. The smallest absolute Gasteiger partial charge is 0.280 e. The summed E-state index contributed by atoms with van der Waals surface area (Å²) < 4.78 is 11.1. The van der Waals surface area contributed by atoms with Crippen molar-refractivity contribution in [2.24, 2.45) is 0 Å². The molecule has 0 saturated carbocycles. The third-order valence-electron chi connectivity index (χ3n) is 3.49. The van der Waals surface area contributed by atoms with Crippen molar-refractivity contribution in [3.63, 3.8) is 0 Å². The van der Waals surface area contributed by atoms with Crippen LogP contribution in [0.15, 0.2) is 0 Å². The lowest BCUT2D eigenvalue weighted by Gasteiger charge is -2.26. The molecule has 0 aliphatic carbocycles. The molecule has 128 valence electrons. The molecule has 2 atom stereocenters. The average molecular weight is 318 g/mol. The van der Waals surface area contributed by atoms with Crippen molar-refractivity contribution in [1.29, 1.82) is 0 Å². The Morgan fingerprint density at radius 3 is 1.27 bits per heavy atom. The van der Waals surface area contributed by atoms with E-state index in [0.29, 0.717) is 52.6 Å². The van der Waals surface area contributed by atoms with Gasteiger partial charge in [-0.2, -0.15) is 0 Å². The van der Waals surface area contributed by atoms with Gasteiger partial charge in [0.2, 0.25) is 0 Å². The van der Waals surface area contributed by atoms with Crippen LogP contribution in [0.5, 0.6) is 0 Å². The molecule has 1 heterocycles. The van der Waals surface area contributed by atoms with Crippen molar-refractivity contribution >= 4 is 11.8 Å². The van der Waals surface area contributed by atoms with Crippen LogP contribution in [0.4, 0.5) is 0 Å². The fourth-order valence-electron chi connectivity index (χ4n) is 2.19. The van der Waals surface area contributed by atoms with E-state index in [1.165, 1.54) is 0 Å². The Hall–Kier alpha value is -1.22. The maximum absolute atomic E-state index is 12.0. The number of quaternary nitrogens is 2. The quantitative estimate of drug-likeness (QED) is 0.563. The Morgan fingerprint density at radius 2 is 1.05 bits per heavy atom. The number of hydrogen-bond donors (Lipinski definition) is 2. The summed E-state index contributed by atoms with van der Waals surface area (Å²) in [6, 6.07) is -0.556. The Bertz CT molecular complexity index is 317. The number of carbonyl (C=O) groups excluding carboxylic acids is 2. The zero-order valence-electron chi connectivity index (χ0n) is 13.8. The van der Waals surface area contributed by atoms with Crippen LogP contribution in [0.25, 0.3) is 0 Å². The molecule has 0 bridgehead atoms. The van der Waals surface area contributed by atoms with Gasteiger partial charge in [-0.3, -0.25) is 9.59 Å². The highest BCUT2D eigenvalue weighted by atomic mass is 16.5. The number of hydrogen-bond acceptors (Lipinski definition) is 4. The monoisotopic (exact) mass is 318 g/mol. The van der Waals surface area contributed by atoms with Crippen LogP contribution in [0.3, 0.4) is 0 Å². The number of carbonyl (C=O) groups is 2. The minimum absolute atomic E-state index is 0.00643. The minimum atomic E-state index is -0.278. The van der Waals surface area contributed by atoms with Crippen molar-refractivity contribution < 1.29 is 30.5 Å². The van der Waals surface area contributed by atoms with E-state index in [-0.39, 0.29) is 23.9 Å². The third kappa shape index (κ3) is 6.27. The van der Waals surface area contributed by atoms with Crippen LogP contribution in [-0.2, 0) is 19.1 Å². The number of ether oxygens (including phenoxy) is 2. The molecule has 0 aromatic heterocycles. The normalized spacial score (nSPS) is 21.5. The van der Waals surface area contributed by atoms with Crippen molar-refractivity contribution in [2.75, 3.05) is 52.6 Å². The third-order valence-corrected chi connectivity index (χ3v) is 3.49. The van der Waals surface area contributed by atoms with Crippen molar-refractivity contribution in [3.8, 4) is 0 Å². The Morgan fingerprint density at radius 1 is 0.773 bits per heavy atom. The van der Waals surface area contributed by atoms with E-state index in [4.69, 9.17) is 9.47 Å². The molecule has 22 heavy (non-hydrogen) atoms. The summed E-state index contributed by atoms with van der Waals surface area (Å²) in [5.74, 6) is 0.0129. The molecule has 8 heteroatoms. The summed E-state index contributed by atoms with van der Waals surface area (Å²) in [5, 5.41) is 0. The fourth-order valence-corrected chi connectivity index (χ4v) is 2.19. The van der Waals surface area contributed by atoms with E-state index in [0.717, 1.165) is 0 Å². The zero-order chi connectivity index (χ0) is 16.5. The van der Waals surface area contributed by atoms with Crippen LogP contribution in [0, 0.1) is 0 Å². The van der Waals surface area contributed by atoms with Crippen LogP contribution in [0.2, 0.25) is 0 Å². The summed E-state index contributed by atoms with van der Waals surface area (Å²) in [6.45, 7) is 7.40. The molecule has 0 unspecified atom stereocenters. The molecule has 8 nitrogen and oxygen atoms in total. The van der Waals surface area contributed by atoms with Gasteiger partial charge in [-0.05, 0) is 13.8 Å². The van der Waals surface area contributed by atoms with Gasteiger partial charge in [-0.15, -0.1) is 0 Å². The number of amides is 2. The lowest BCUT2D eigenvalue weighted by atomic mass is 10.3. The van der Waals surface area contributed by atoms with Gasteiger partial charge in [0, 0.05) is 26.2 Å². The van der Waals surface area contributed by atoms with Crippen LogP contribution < -0.4 is 11.5 Å². The molecule has 0 spiro atoms. The van der Waals surface area contributed by atoms with E-state index >= 15 is 0 Å². The van der Waals surface area contributed by atoms with Crippen molar-refractivity contribution in [2.45, 2.75) is 25.9 Å². The second-order valence-electron chi connectivity index (χ2n) is 5.68. The van der Waals surface area contributed by atoms with Gasteiger partial charge >= 0.3 is 0 Å². The van der Waals surface area contributed by atoms with Crippen LogP contribution in [0.1, 0.15) is 13.8 Å². The van der Waals surface area contributed by atoms with E-state index in [9.17, 15) is 9.59 Å². The highest BCUT2D eigenvalue weighted by Crippen LogP contribution is 1.98. The molecule has 2 amide bonds. The van der Waals surface area contributed by atoms with E-state index < -0.39 is 0 Å². The van der Waals surface area contributed by atoms with Gasteiger partial charge < -0.3 is 30.7 Å². The first-order valence-corrected chi connectivity index (χ1v) is 7.82. The second-order valence-corrected chi connectivity index (χ2v) is 5.68. The molecule has 0 aromatic carbocycles. The standard InChI is InChI=1S/C14H28N4O4/c1-11(15)13(19)17-3-7-21-9-5-18(14(20)12(2)16)6-10-22-8-4-17/h11-12H,3-10,15-16H2,1-2H3/p+2/t11-,12+. The van der Waals surface area contributed by atoms with Crippen LogP contribution >= 0.6 is 0 Å². The average Bonchev–Trinajstić information content (AvgIpc) is 2.46. The molecular formula is C14H30N4O4+2. The second kappa shape index (κ2) is 9.73. The molecular weight excluding hydrogens is 288 g/mol. The van der Waals surface area contributed by atoms with Gasteiger partial charge in [0.15, 0.2) is 12.1 Å². The summed E-state index contributed by atoms with van der Waals surface area (Å²) in [5.41, 5.74) is 7.53. The topological polar surface area (TPSA) is 114 Å². The maximum atomic E-state index is 12.0. The van der Waals surface area contributed by atoms with Crippen molar-refractivity contribution in [3.05, 3.63) is 0 Å². The molecule has 1 rings (SSSR count). The largest absolute Gasteiger partial charge is 0.378 e. The Labute approximate surface area is 131 Å². The van der Waals surface area contributed by atoms with E-state index in [1.807, 2.05) is 0 Å². The van der Waals surface area contributed by atoms with Gasteiger partial charge in [0.05, 0.1) is 26.4 Å². The van der Waals surface area contributed by atoms with Gasteiger partial charge in [0.25, 0.3) is 11.8 Å². The summed E-state index contributed by atoms with van der Waals surface area (Å²) in [7, 11) is 0. The zero-order valence-corrected chi connectivity index (χ0v) is 13.8. The summed E-state index contributed by atoms with van der Waals surface area (Å²) in [6.07, 6.45) is 0. The van der Waals surface area contributed by atoms with E-state index in [1.54, 1.807) is 23.6 Å². The molecule has 6 N–H and O–H groups in total. The molecule has 0 aromatic rings. The summed E-state index contributed by atoms with van der Waals surface area (Å²) >= 11 is 0. The van der Waals surface area contributed by atoms with E-state index in [2.05, 4.69) is 11.5 Å². The molecule has 1 aliphatic rings. The van der Waals surface area contributed by atoms with Crippen molar-refractivity contribution in [1.82, 2.24) is 9.80 Å². The SMILES string of the molecule is C[C@H]([NH3+])C(=O)N1CCOCCN(C(=O)[C@@H](C)[NH3+])CCOCC1. The molecule has 1 saturated heterocycles. The first-order chi connectivity index (χ1) is 10.4. The first kappa shape index (κ1) is 18.8. The van der Waals surface area contributed by atoms with Gasteiger partial charge in [-0.25, -0.2) is 0 Å². The van der Waals surface area contributed by atoms with Crippen LogP contribution in [-0.4, -0.2) is 86.3 Å².